The van der Waals surface area contributed by atoms with Gasteiger partial charge >= 0.3 is 11.9 Å². The van der Waals surface area contributed by atoms with Gasteiger partial charge in [-0.1, -0.05) is 36.4 Å². The molecule has 0 spiro atoms. The van der Waals surface area contributed by atoms with Crippen LogP contribution in [0.15, 0.2) is 65.1 Å². The van der Waals surface area contributed by atoms with Crippen LogP contribution in [-0.4, -0.2) is 36.0 Å². The lowest BCUT2D eigenvalue weighted by Gasteiger charge is -2.12. The highest BCUT2D eigenvalue weighted by molar-refractivity contribution is 7.17. The molecule has 0 bridgehead atoms. The van der Waals surface area contributed by atoms with E-state index in [0.29, 0.717) is 44.1 Å². The van der Waals surface area contributed by atoms with Crippen molar-refractivity contribution in [3.05, 3.63) is 82.2 Å². The van der Waals surface area contributed by atoms with Gasteiger partial charge in [-0.05, 0) is 67.8 Å². The van der Waals surface area contributed by atoms with E-state index in [4.69, 9.17) is 13.9 Å². The molecule has 0 atom stereocenters. The standard InChI is InChI=1S/C31H26N2O6S/c1-2-37-31(36)27-19-11-3-6-16-24(19)40-29(27)33-25(34)17-38-30(35)21-13-8-10-18-9-7-12-20(26(18)21)28-32-22-14-4-5-15-23(22)39-28/h4-5,7-10,12-15H,2-3,6,11,16-17H2,1H3,(H,33,34). The first kappa shape index (κ1) is 25.8. The summed E-state index contributed by atoms with van der Waals surface area (Å²) in [4.78, 5) is 44.5. The second-order valence-electron chi connectivity index (χ2n) is 9.46. The van der Waals surface area contributed by atoms with Gasteiger partial charge in [0.2, 0.25) is 5.89 Å². The van der Waals surface area contributed by atoms with E-state index < -0.39 is 24.5 Å². The molecule has 2 aromatic heterocycles. The monoisotopic (exact) mass is 554 g/mol. The summed E-state index contributed by atoms with van der Waals surface area (Å²) in [6, 6.07) is 18.4. The molecule has 2 heterocycles. The first-order valence-electron chi connectivity index (χ1n) is 13.2. The largest absolute Gasteiger partial charge is 0.462 e. The molecule has 0 saturated heterocycles. The number of carbonyl (C=O) groups is 3. The van der Waals surface area contributed by atoms with Crippen LogP contribution in [0.3, 0.4) is 0 Å². The molecule has 9 heteroatoms. The Morgan fingerprint density at radius 1 is 0.950 bits per heavy atom. The van der Waals surface area contributed by atoms with Gasteiger partial charge in [-0.2, -0.15) is 0 Å². The Hall–Kier alpha value is -4.50. The summed E-state index contributed by atoms with van der Waals surface area (Å²) in [5.41, 5.74) is 3.66. The zero-order valence-corrected chi connectivity index (χ0v) is 22.6. The molecule has 0 radical (unpaired) electrons. The molecule has 1 aliphatic carbocycles. The number of carbonyl (C=O) groups excluding carboxylic acids is 3. The fraction of sp³-hybridized carbons (Fsp3) is 0.226. The summed E-state index contributed by atoms with van der Waals surface area (Å²) >= 11 is 1.39. The number of fused-ring (bicyclic) bond motifs is 3. The summed E-state index contributed by atoms with van der Waals surface area (Å²) in [7, 11) is 0. The molecule has 8 nitrogen and oxygen atoms in total. The minimum atomic E-state index is -0.652. The first-order chi connectivity index (χ1) is 19.5. The van der Waals surface area contributed by atoms with Crippen LogP contribution in [0.4, 0.5) is 5.00 Å². The number of amides is 1. The van der Waals surface area contributed by atoms with Gasteiger partial charge in [-0.15, -0.1) is 11.3 Å². The number of oxazole rings is 1. The minimum absolute atomic E-state index is 0.241. The summed E-state index contributed by atoms with van der Waals surface area (Å²) in [5, 5.41) is 4.65. The smallest absolute Gasteiger partial charge is 0.341 e. The van der Waals surface area contributed by atoms with Crippen molar-refractivity contribution in [3.8, 4) is 11.5 Å². The Morgan fingerprint density at radius 3 is 2.58 bits per heavy atom. The van der Waals surface area contributed by atoms with Gasteiger partial charge in [0.1, 0.15) is 10.5 Å². The lowest BCUT2D eigenvalue weighted by molar-refractivity contribution is -0.119. The van der Waals surface area contributed by atoms with Gasteiger partial charge in [0.25, 0.3) is 5.91 Å². The van der Waals surface area contributed by atoms with Crippen LogP contribution >= 0.6 is 11.3 Å². The van der Waals surface area contributed by atoms with Crippen molar-refractivity contribution < 1.29 is 28.3 Å². The predicted octanol–water partition coefficient (Wildman–Crippen LogP) is 6.56. The quantitative estimate of drug-likeness (QED) is 0.227. The van der Waals surface area contributed by atoms with Crippen LogP contribution in [0.5, 0.6) is 0 Å². The highest BCUT2D eigenvalue weighted by atomic mass is 32.1. The normalized spacial score (nSPS) is 12.7. The average molecular weight is 555 g/mol. The number of hydrogen-bond donors (Lipinski definition) is 1. The number of anilines is 1. The number of benzene rings is 3. The summed E-state index contributed by atoms with van der Waals surface area (Å²) in [5.74, 6) is -1.24. The number of esters is 2. The average Bonchev–Trinajstić information content (AvgIpc) is 3.56. The van der Waals surface area contributed by atoms with E-state index in [9.17, 15) is 14.4 Å². The maximum atomic E-state index is 13.3. The molecule has 6 rings (SSSR count). The van der Waals surface area contributed by atoms with Crippen LogP contribution in [-0.2, 0) is 27.1 Å². The number of para-hydroxylation sites is 2. The zero-order valence-electron chi connectivity index (χ0n) is 21.8. The van der Waals surface area contributed by atoms with E-state index >= 15 is 0 Å². The molecule has 40 heavy (non-hydrogen) atoms. The van der Waals surface area contributed by atoms with Crippen molar-refractivity contribution in [1.29, 1.82) is 0 Å². The Bertz CT molecular complexity index is 1730. The Balaban J connectivity index is 1.24. The van der Waals surface area contributed by atoms with Gasteiger partial charge in [0, 0.05) is 15.8 Å². The molecular weight excluding hydrogens is 528 g/mol. The van der Waals surface area contributed by atoms with Crippen LogP contribution in [0.1, 0.15) is 50.9 Å². The van der Waals surface area contributed by atoms with Crippen LogP contribution in [0.2, 0.25) is 0 Å². The molecule has 1 aliphatic rings. The maximum Gasteiger partial charge on any atom is 0.341 e. The number of hydrogen-bond acceptors (Lipinski definition) is 8. The van der Waals surface area contributed by atoms with Gasteiger partial charge in [-0.3, -0.25) is 4.79 Å². The lowest BCUT2D eigenvalue weighted by Crippen LogP contribution is -2.22. The third-order valence-corrected chi connectivity index (χ3v) is 8.09. The van der Waals surface area contributed by atoms with E-state index in [1.54, 1.807) is 19.1 Å². The number of aryl methyl sites for hydroxylation is 1. The van der Waals surface area contributed by atoms with E-state index in [2.05, 4.69) is 10.3 Å². The SMILES string of the molecule is CCOC(=O)c1c(NC(=O)COC(=O)c2cccc3cccc(-c4nc5ccccc5o4)c23)sc2c1CCCC2. The molecule has 3 aromatic carbocycles. The Morgan fingerprint density at radius 2 is 1.75 bits per heavy atom. The molecule has 1 N–H and O–H groups in total. The van der Waals surface area contributed by atoms with Crippen molar-refractivity contribution in [2.24, 2.45) is 0 Å². The number of thiophene rings is 1. The van der Waals surface area contributed by atoms with E-state index in [0.717, 1.165) is 41.5 Å². The van der Waals surface area contributed by atoms with E-state index in [1.165, 1.54) is 11.3 Å². The second kappa shape index (κ2) is 10.9. The third-order valence-electron chi connectivity index (χ3n) is 6.89. The Kier molecular flexibility index (Phi) is 7.04. The second-order valence-corrected chi connectivity index (χ2v) is 10.6. The summed E-state index contributed by atoms with van der Waals surface area (Å²) in [6.45, 7) is 1.48. The molecule has 0 saturated carbocycles. The number of rotatable bonds is 7. The molecule has 0 fully saturated rings. The first-order valence-corrected chi connectivity index (χ1v) is 14.0. The molecule has 0 aliphatic heterocycles. The van der Waals surface area contributed by atoms with Crippen molar-refractivity contribution >= 4 is 56.1 Å². The number of aromatic nitrogens is 1. The van der Waals surface area contributed by atoms with Gasteiger partial charge in [0.05, 0.1) is 17.7 Å². The third kappa shape index (κ3) is 4.84. The molecule has 0 unspecified atom stereocenters. The van der Waals surface area contributed by atoms with Crippen molar-refractivity contribution in [1.82, 2.24) is 4.98 Å². The van der Waals surface area contributed by atoms with Crippen LogP contribution < -0.4 is 5.32 Å². The highest BCUT2D eigenvalue weighted by Gasteiger charge is 2.27. The maximum absolute atomic E-state index is 13.3. The topological polar surface area (TPSA) is 108 Å². The fourth-order valence-corrected chi connectivity index (χ4v) is 6.42. The van der Waals surface area contributed by atoms with E-state index in [-0.39, 0.29) is 6.61 Å². The number of nitrogens with one attached hydrogen (secondary N) is 1. The van der Waals surface area contributed by atoms with Gasteiger partial charge in [0.15, 0.2) is 12.2 Å². The summed E-state index contributed by atoms with van der Waals surface area (Å²) in [6.07, 6.45) is 3.66. The van der Waals surface area contributed by atoms with Crippen LogP contribution in [0, 0.1) is 0 Å². The molecular formula is C31H26N2O6S. The summed E-state index contributed by atoms with van der Waals surface area (Å²) < 4.78 is 16.7. The van der Waals surface area contributed by atoms with Crippen molar-refractivity contribution in [3.63, 3.8) is 0 Å². The lowest BCUT2D eigenvalue weighted by atomic mass is 9.95. The Labute approximate surface area is 233 Å². The minimum Gasteiger partial charge on any atom is -0.462 e. The predicted molar refractivity (Wildman–Crippen MR) is 153 cm³/mol. The fourth-order valence-electron chi connectivity index (χ4n) is 5.12. The number of nitrogens with zero attached hydrogens (tertiary/aromatic N) is 1. The highest BCUT2D eigenvalue weighted by Crippen LogP contribution is 2.39. The molecule has 5 aromatic rings. The van der Waals surface area contributed by atoms with Crippen LogP contribution in [0.25, 0.3) is 33.3 Å². The molecule has 202 valence electrons. The van der Waals surface area contributed by atoms with Gasteiger partial charge in [-0.25, -0.2) is 14.6 Å². The van der Waals surface area contributed by atoms with Gasteiger partial charge < -0.3 is 19.2 Å². The number of ether oxygens (including phenoxy) is 2. The van der Waals surface area contributed by atoms with E-state index in [1.807, 2.05) is 48.5 Å². The van der Waals surface area contributed by atoms with Crippen molar-refractivity contribution in [2.45, 2.75) is 32.6 Å². The van der Waals surface area contributed by atoms with Crippen molar-refractivity contribution in [2.75, 3.05) is 18.5 Å². The zero-order chi connectivity index (χ0) is 27.6. The molecule has 1 amide bonds.